The molecule has 1 aliphatic heterocycles. The topological polar surface area (TPSA) is 52.6 Å². The SMILES string of the molecule is CC(NC[C@@H](C)O)C(=O)N1CCCCC1. The molecule has 1 fully saturated rings. The number of aliphatic hydroxyl groups excluding tert-OH is 1. The van der Waals surface area contributed by atoms with Crippen LogP contribution in [0.2, 0.25) is 0 Å². The normalized spacial score (nSPS) is 21.1. The molecule has 4 heteroatoms. The summed E-state index contributed by atoms with van der Waals surface area (Å²) in [6.45, 7) is 5.82. The number of carbonyl (C=O) groups is 1. The van der Waals surface area contributed by atoms with Crippen molar-refractivity contribution in [1.82, 2.24) is 10.2 Å². The predicted molar refractivity (Wildman–Crippen MR) is 59.6 cm³/mol. The second-order valence-corrected chi connectivity index (χ2v) is 4.36. The third kappa shape index (κ3) is 4.18. The van der Waals surface area contributed by atoms with Gasteiger partial charge in [0.2, 0.25) is 5.91 Å². The molecule has 0 radical (unpaired) electrons. The van der Waals surface area contributed by atoms with E-state index in [1.54, 1.807) is 6.92 Å². The van der Waals surface area contributed by atoms with Crippen LogP contribution in [-0.2, 0) is 4.79 Å². The van der Waals surface area contributed by atoms with Crippen LogP contribution in [0.4, 0.5) is 0 Å². The van der Waals surface area contributed by atoms with E-state index < -0.39 is 6.10 Å². The molecule has 4 nitrogen and oxygen atoms in total. The Hall–Kier alpha value is -0.610. The van der Waals surface area contributed by atoms with Gasteiger partial charge in [-0.25, -0.2) is 0 Å². The number of nitrogens with zero attached hydrogens (tertiary/aromatic N) is 1. The Labute approximate surface area is 91.6 Å². The van der Waals surface area contributed by atoms with E-state index in [2.05, 4.69) is 5.32 Å². The first-order valence-electron chi connectivity index (χ1n) is 5.81. The minimum atomic E-state index is -0.401. The molecule has 0 spiro atoms. The number of nitrogens with one attached hydrogen (secondary N) is 1. The fraction of sp³-hybridized carbons (Fsp3) is 0.909. The highest BCUT2D eigenvalue weighted by molar-refractivity contribution is 5.81. The zero-order valence-corrected chi connectivity index (χ0v) is 9.70. The van der Waals surface area contributed by atoms with E-state index >= 15 is 0 Å². The second-order valence-electron chi connectivity index (χ2n) is 4.36. The maximum atomic E-state index is 11.9. The number of aliphatic hydroxyl groups is 1. The second kappa shape index (κ2) is 6.08. The van der Waals surface area contributed by atoms with Crippen molar-refractivity contribution < 1.29 is 9.90 Å². The highest BCUT2D eigenvalue weighted by atomic mass is 16.3. The van der Waals surface area contributed by atoms with Crippen LogP contribution in [-0.4, -0.2) is 47.7 Å². The molecule has 0 bridgehead atoms. The first-order chi connectivity index (χ1) is 7.11. The Balaban J connectivity index is 2.30. The van der Waals surface area contributed by atoms with Crippen molar-refractivity contribution >= 4 is 5.91 Å². The first kappa shape index (κ1) is 12.5. The fourth-order valence-electron chi connectivity index (χ4n) is 1.82. The predicted octanol–water partition coefficient (Wildman–Crippen LogP) is 0.358. The summed E-state index contributed by atoms with van der Waals surface area (Å²) in [4.78, 5) is 13.8. The van der Waals surface area contributed by atoms with Crippen LogP contribution in [0, 0.1) is 0 Å². The molecule has 1 heterocycles. The van der Waals surface area contributed by atoms with E-state index in [1.807, 2.05) is 11.8 Å². The maximum absolute atomic E-state index is 11.9. The van der Waals surface area contributed by atoms with Gasteiger partial charge in [0.15, 0.2) is 0 Å². The van der Waals surface area contributed by atoms with Crippen LogP contribution in [0.1, 0.15) is 33.1 Å². The highest BCUT2D eigenvalue weighted by Gasteiger charge is 2.21. The van der Waals surface area contributed by atoms with Gasteiger partial charge in [-0.05, 0) is 33.1 Å². The number of hydrogen-bond donors (Lipinski definition) is 2. The summed E-state index contributed by atoms with van der Waals surface area (Å²) in [7, 11) is 0. The molecule has 2 atom stereocenters. The highest BCUT2D eigenvalue weighted by Crippen LogP contribution is 2.09. The summed E-state index contributed by atoms with van der Waals surface area (Å²) >= 11 is 0. The van der Waals surface area contributed by atoms with E-state index in [-0.39, 0.29) is 11.9 Å². The Bertz CT molecular complexity index is 201. The third-order valence-corrected chi connectivity index (χ3v) is 2.76. The maximum Gasteiger partial charge on any atom is 0.239 e. The Morgan fingerprint density at radius 1 is 1.33 bits per heavy atom. The average Bonchev–Trinajstić information content (AvgIpc) is 2.26. The molecule has 0 aromatic carbocycles. The number of carbonyl (C=O) groups excluding carboxylic acids is 1. The molecule has 0 aromatic rings. The quantitative estimate of drug-likeness (QED) is 0.710. The molecule has 0 aliphatic carbocycles. The van der Waals surface area contributed by atoms with Crippen molar-refractivity contribution in [2.24, 2.45) is 0 Å². The smallest absolute Gasteiger partial charge is 0.239 e. The molecular formula is C11H22N2O2. The van der Waals surface area contributed by atoms with Crippen molar-refractivity contribution in [2.45, 2.75) is 45.3 Å². The number of amides is 1. The summed E-state index contributed by atoms with van der Waals surface area (Å²) < 4.78 is 0. The summed E-state index contributed by atoms with van der Waals surface area (Å²) in [6.07, 6.45) is 3.07. The van der Waals surface area contributed by atoms with Gasteiger partial charge < -0.3 is 15.3 Å². The van der Waals surface area contributed by atoms with Gasteiger partial charge in [0.05, 0.1) is 12.1 Å². The van der Waals surface area contributed by atoms with Crippen molar-refractivity contribution in [3.8, 4) is 0 Å². The molecule has 88 valence electrons. The Kier molecular flexibility index (Phi) is 5.05. The minimum Gasteiger partial charge on any atom is -0.392 e. The van der Waals surface area contributed by atoms with Crippen LogP contribution >= 0.6 is 0 Å². The fourth-order valence-corrected chi connectivity index (χ4v) is 1.82. The third-order valence-electron chi connectivity index (χ3n) is 2.76. The van der Waals surface area contributed by atoms with E-state index in [4.69, 9.17) is 5.11 Å². The van der Waals surface area contributed by atoms with E-state index in [9.17, 15) is 4.79 Å². The van der Waals surface area contributed by atoms with Gasteiger partial charge in [-0.15, -0.1) is 0 Å². The minimum absolute atomic E-state index is 0.162. The first-order valence-corrected chi connectivity index (χ1v) is 5.81. The molecular weight excluding hydrogens is 192 g/mol. The van der Waals surface area contributed by atoms with Crippen LogP contribution in [0.15, 0.2) is 0 Å². The lowest BCUT2D eigenvalue weighted by atomic mass is 10.1. The zero-order chi connectivity index (χ0) is 11.3. The van der Waals surface area contributed by atoms with Gasteiger partial charge >= 0.3 is 0 Å². The van der Waals surface area contributed by atoms with Gasteiger partial charge in [-0.3, -0.25) is 4.79 Å². The van der Waals surface area contributed by atoms with Gasteiger partial charge in [0, 0.05) is 19.6 Å². The van der Waals surface area contributed by atoms with Crippen LogP contribution in [0.25, 0.3) is 0 Å². The lowest BCUT2D eigenvalue weighted by molar-refractivity contribution is -0.134. The molecule has 1 amide bonds. The van der Waals surface area contributed by atoms with E-state index in [0.29, 0.717) is 6.54 Å². The lowest BCUT2D eigenvalue weighted by Gasteiger charge is -2.29. The van der Waals surface area contributed by atoms with Crippen LogP contribution in [0.3, 0.4) is 0 Å². The average molecular weight is 214 g/mol. The molecule has 1 aliphatic rings. The van der Waals surface area contributed by atoms with Crippen molar-refractivity contribution in [3.05, 3.63) is 0 Å². The van der Waals surface area contributed by atoms with E-state index in [0.717, 1.165) is 25.9 Å². The molecule has 1 unspecified atom stereocenters. The van der Waals surface area contributed by atoms with Gasteiger partial charge in [0.1, 0.15) is 0 Å². The Morgan fingerprint density at radius 3 is 2.47 bits per heavy atom. The zero-order valence-electron chi connectivity index (χ0n) is 9.70. The Morgan fingerprint density at radius 2 is 1.93 bits per heavy atom. The number of piperidine rings is 1. The summed E-state index contributed by atoms with van der Waals surface area (Å²) in [5, 5.41) is 12.1. The molecule has 0 saturated carbocycles. The molecule has 1 saturated heterocycles. The van der Waals surface area contributed by atoms with Crippen molar-refractivity contribution in [2.75, 3.05) is 19.6 Å². The lowest BCUT2D eigenvalue weighted by Crippen LogP contribution is -2.48. The van der Waals surface area contributed by atoms with Crippen molar-refractivity contribution in [1.29, 1.82) is 0 Å². The van der Waals surface area contributed by atoms with Crippen LogP contribution < -0.4 is 5.32 Å². The molecule has 2 N–H and O–H groups in total. The van der Waals surface area contributed by atoms with Gasteiger partial charge in [-0.1, -0.05) is 0 Å². The summed E-state index contributed by atoms with van der Waals surface area (Å²) in [5.41, 5.74) is 0. The largest absolute Gasteiger partial charge is 0.392 e. The molecule has 15 heavy (non-hydrogen) atoms. The van der Waals surface area contributed by atoms with Gasteiger partial charge in [0.25, 0.3) is 0 Å². The standard InChI is InChI=1S/C11H22N2O2/c1-9(14)8-12-10(2)11(15)13-6-4-3-5-7-13/h9-10,12,14H,3-8H2,1-2H3/t9-,10?/m1/s1. The summed E-state index contributed by atoms with van der Waals surface area (Å²) in [5.74, 6) is 0.162. The van der Waals surface area contributed by atoms with Gasteiger partial charge in [-0.2, -0.15) is 0 Å². The molecule has 1 rings (SSSR count). The molecule has 0 aromatic heterocycles. The summed E-state index contributed by atoms with van der Waals surface area (Å²) in [6, 6.07) is -0.183. The number of likely N-dealkylation sites (tertiary alicyclic amines) is 1. The monoisotopic (exact) mass is 214 g/mol. The van der Waals surface area contributed by atoms with E-state index in [1.165, 1.54) is 6.42 Å². The number of rotatable bonds is 4. The number of hydrogen-bond acceptors (Lipinski definition) is 3. The van der Waals surface area contributed by atoms with Crippen molar-refractivity contribution in [3.63, 3.8) is 0 Å². The van der Waals surface area contributed by atoms with Crippen LogP contribution in [0.5, 0.6) is 0 Å².